The van der Waals surface area contributed by atoms with Gasteiger partial charge in [-0.15, -0.1) is 0 Å². The van der Waals surface area contributed by atoms with Crippen molar-refractivity contribution < 1.29 is 5.11 Å². The SMILES string of the molecule is OCc1cccc(-c2ccnc3ccccc23)c1. The molecule has 0 bridgehead atoms. The molecule has 0 atom stereocenters. The van der Waals surface area contributed by atoms with Crippen LogP contribution in [0.2, 0.25) is 0 Å². The predicted molar refractivity (Wildman–Crippen MR) is 73.1 cm³/mol. The van der Waals surface area contributed by atoms with E-state index in [0.717, 1.165) is 27.6 Å². The maximum absolute atomic E-state index is 9.21. The molecular formula is C16H13NO. The second-order valence-electron chi connectivity index (χ2n) is 4.23. The van der Waals surface area contributed by atoms with Gasteiger partial charge in [-0.3, -0.25) is 4.98 Å². The fourth-order valence-corrected chi connectivity index (χ4v) is 2.18. The van der Waals surface area contributed by atoms with Gasteiger partial charge in [-0.1, -0.05) is 36.4 Å². The van der Waals surface area contributed by atoms with Crippen LogP contribution in [0.1, 0.15) is 5.56 Å². The molecule has 0 unspecified atom stereocenters. The van der Waals surface area contributed by atoms with Crippen LogP contribution >= 0.6 is 0 Å². The Bertz CT molecular complexity index is 686. The topological polar surface area (TPSA) is 33.1 Å². The number of hydrogen-bond acceptors (Lipinski definition) is 2. The molecule has 3 aromatic rings. The van der Waals surface area contributed by atoms with Crippen molar-refractivity contribution >= 4 is 10.9 Å². The lowest BCUT2D eigenvalue weighted by Gasteiger charge is -2.07. The van der Waals surface area contributed by atoms with Gasteiger partial charge in [0.25, 0.3) is 0 Å². The van der Waals surface area contributed by atoms with Gasteiger partial charge in [0.2, 0.25) is 0 Å². The fourth-order valence-electron chi connectivity index (χ4n) is 2.18. The molecule has 0 fully saturated rings. The van der Waals surface area contributed by atoms with Crippen LogP contribution in [0.3, 0.4) is 0 Å². The molecule has 0 aliphatic rings. The molecule has 88 valence electrons. The van der Waals surface area contributed by atoms with Gasteiger partial charge in [-0.2, -0.15) is 0 Å². The second-order valence-corrected chi connectivity index (χ2v) is 4.23. The van der Waals surface area contributed by atoms with E-state index in [4.69, 9.17) is 0 Å². The van der Waals surface area contributed by atoms with E-state index in [2.05, 4.69) is 17.1 Å². The molecule has 0 amide bonds. The van der Waals surface area contributed by atoms with Crippen LogP contribution < -0.4 is 0 Å². The summed E-state index contributed by atoms with van der Waals surface area (Å²) in [6.07, 6.45) is 1.82. The van der Waals surface area contributed by atoms with Crippen LogP contribution in [0.4, 0.5) is 0 Å². The highest BCUT2D eigenvalue weighted by Gasteiger charge is 2.04. The summed E-state index contributed by atoms with van der Waals surface area (Å²) >= 11 is 0. The number of aromatic nitrogens is 1. The largest absolute Gasteiger partial charge is 0.392 e. The molecule has 2 aromatic carbocycles. The molecule has 1 aromatic heterocycles. The number of nitrogens with zero attached hydrogens (tertiary/aromatic N) is 1. The second kappa shape index (κ2) is 4.59. The first-order valence-corrected chi connectivity index (χ1v) is 5.92. The molecule has 0 spiro atoms. The monoisotopic (exact) mass is 235 g/mol. The highest BCUT2D eigenvalue weighted by molar-refractivity contribution is 5.94. The Morgan fingerprint density at radius 3 is 2.72 bits per heavy atom. The minimum Gasteiger partial charge on any atom is -0.392 e. The lowest BCUT2D eigenvalue weighted by atomic mass is 10.00. The van der Waals surface area contributed by atoms with Crippen molar-refractivity contribution in [2.24, 2.45) is 0 Å². The summed E-state index contributed by atoms with van der Waals surface area (Å²) in [5, 5.41) is 10.3. The summed E-state index contributed by atoms with van der Waals surface area (Å²) in [6.45, 7) is 0.0663. The summed E-state index contributed by atoms with van der Waals surface area (Å²) in [7, 11) is 0. The quantitative estimate of drug-likeness (QED) is 0.738. The third kappa shape index (κ3) is 1.87. The lowest BCUT2D eigenvalue weighted by molar-refractivity contribution is 0.282. The van der Waals surface area contributed by atoms with E-state index in [1.165, 1.54) is 0 Å². The molecule has 0 saturated heterocycles. The number of aliphatic hydroxyl groups is 1. The Labute approximate surface area is 106 Å². The molecule has 0 radical (unpaired) electrons. The van der Waals surface area contributed by atoms with Gasteiger partial charge in [-0.25, -0.2) is 0 Å². The maximum Gasteiger partial charge on any atom is 0.0708 e. The van der Waals surface area contributed by atoms with Crippen molar-refractivity contribution in [2.75, 3.05) is 0 Å². The fraction of sp³-hybridized carbons (Fsp3) is 0.0625. The van der Waals surface area contributed by atoms with Crippen LogP contribution in [0.25, 0.3) is 22.0 Å². The van der Waals surface area contributed by atoms with Gasteiger partial charge in [0.05, 0.1) is 12.1 Å². The zero-order chi connectivity index (χ0) is 12.4. The number of benzene rings is 2. The lowest BCUT2D eigenvalue weighted by Crippen LogP contribution is -1.87. The summed E-state index contributed by atoms with van der Waals surface area (Å²) in [5.41, 5.74) is 4.17. The van der Waals surface area contributed by atoms with E-state index in [-0.39, 0.29) is 6.61 Å². The van der Waals surface area contributed by atoms with Crippen LogP contribution in [-0.2, 0) is 6.61 Å². The third-order valence-electron chi connectivity index (χ3n) is 3.07. The standard InChI is InChI=1S/C16H13NO/c18-11-12-4-3-5-13(10-12)14-8-9-17-16-7-2-1-6-15(14)16/h1-10,18H,11H2. The number of pyridine rings is 1. The Morgan fingerprint density at radius 2 is 1.83 bits per heavy atom. The van der Waals surface area contributed by atoms with E-state index >= 15 is 0 Å². The van der Waals surface area contributed by atoms with Gasteiger partial charge in [0.15, 0.2) is 0 Å². The number of hydrogen-bond donors (Lipinski definition) is 1. The Morgan fingerprint density at radius 1 is 0.944 bits per heavy atom. The molecule has 0 aliphatic carbocycles. The highest BCUT2D eigenvalue weighted by atomic mass is 16.3. The van der Waals surface area contributed by atoms with Crippen molar-refractivity contribution in [2.45, 2.75) is 6.61 Å². The molecule has 0 saturated carbocycles. The predicted octanol–water partition coefficient (Wildman–Crippen LogP) is 3.39. The van der Waals surface area contributed by atoms with E-state index in [1.807, 2.05) is 48.7 Å². The molecule has 3 rings (SSSR count). The zero-order valence-corrected chi connectivity index (χ0v) is 9.88. The van der Waals surface area contributed by atoms with Crippen molar-refractivity contribution in [3.63, 3.8) is 0 Å². The molecule has 2 heteroatoms. The summed E-state index contributed by atoms with van der Waals surface area (Å²) in [4.78, 5) is 4.36. The molecule has 0 aliphatic heterocycles. The van der Waals surface area contributed by atoms with Crippen molar-refractivity contribution in [3.8, 4) is 11.1 Å². The minimum absolute atomic E-state index is 0.0663. The summed E-state index contributed by atoms with van der Waals surface area (Å²) in [6, 6.07) is 18.1. The third-order valence-corrected chi connectivity index (χ3v) is 3.07. The molecule has 2 nitrogen and oxygen atoms in total. The van der Waals surface area contributed by atoms with Crippen LogP contribution in [0.5, 0.6) is 0 Å². The van der Waals surface area contributed by atoms with Crippen LogP contribution in [0.15, 0.2) is 60.8 Å². The number of rotatable bonds is 2. The molecule has 1 N–H and O–H groups in total. The summed E-state index contributed by atoms with van der Waals surface area (Å²) < 4.78 is 0. The molecular weight excluding hydrogens is 222 g/mol. The van der Waals surface area contributed by atoms with Gasteiger partial charge >= 0.3 is 0 Å². The Kier molecular flexibility index (Phi) is 2.79. The van der Waals surface area contributed by atoms with Gasteiger partial charge in [-0.05, 0) is 34.9 Å². The normalized spacial score (nSPS) is 10.7. The van der Waals surface area contributed by atoms with Crippen LogP contribution in [-0.4, -0.2) is 10.1 Å². The van der Waals surface area contributed by atoms with Gasteiger partial charge < -0.3 is 5.11 Å². The van der Waals surface area contributed by atoms with Gasteiger partial charge in [0.1, 0.15) is 0 Å². The average Bonchev–Trinajstić information content (AvgIpc) is 2.47. The van der Waals surface area contributed by atoms with E-state index in [1.54, 1.807) is 0 Å². The number of para-hydroxylation sites is 1. The van der Waals surface area contributed by atoms with Crippen LogP contribution in [0, 0.1) is 0 Å². The first-order valence-electron chi connectivity index (χ1n) is 5.92. The first kappa shape index (κ1) is 10.9. The first-order chi connectivity index (χ1) is 8.88. The molecule has 18 heavy (non-hydrogen) atoms. The van der Waals surface area contributed by atoms with E-state index in [9.17, 15) is 5.11 Å². The Hall–Kier alpha value is -2.19. The average molecular weight is 235 g/mol. The summed E-state index contributed by atoms with van der Waals surface area (Å²) in [5.74, 6) is 0. The van der Waals surface area contributed by atoms with Crippen molar-refractivity contribution in [1.29, 1.82) is 0 Å². The van der Waals surface area contributed by atoms with E-state index < -0.39 is 0 Å². The van der Waals surface area contributed by atoms with Gasteiger partial charge in [0, 0.05) is 11.6 Å². The minimum atomic E-state index is 0.0663. The number of fused-ring (bicyclic) bond motifs is 1. The smallest absolute Gasteiger partial charge is 0.0708 e. The van der Waals surface area contributed by atoms with Crippen molar-refractivity contribution in [3.05, 3.63) is 66.4 Å². The van der Waals surface area contributed by atoms with E-state index in [0.29, 0.717) is 0 Å². The number of aliphatic hydroxyl groups excluding tert-OH is 1. The Balaban J connectivity index is 2.24. The highest BCUT2D eigenvalue weighted by Crippen LogP contribution is 2.27. The maximum atomic E-state index is 9.21. The zero-order valence-electron chi connectivity index (χ0n) is 9.88. The van der Waals surface area contributed by atoms with Crippen molar-refractivity contribution in [1.82, 2.24) is 4.98 Å². The molecule has 1 heterocycles.